The molecule has 1 atom stereocenters. The number of benzene rings is 1. The minimum atomic E-state index is -0.794. The van der Waals surface area contributed by atoms with Crippen LogP contribution in [0.3, 0.4) is 0 Å². The molecule has 0 aliphatic rings. The summed E-state index contributed by atoms with van der Waals surface area (Å²) in [5.41, 5.74) is 1.04. The van der Waals surface area contributed by atoms with Gasteiger partial charge in [0.05, 0.1) is 0 Å². The molecule has 0 unspecified atom stereocenters. The van der Waals surface area contributed by atoms with Crippen molar-refractivity contribution in [2.45, 2.75) is 12.5 Å². The topological polar surface area (TPSA) is 40.5 Å². The Hall–Kier alpha value is 0.110. The lowest BCUT2D eigenvalue weighted by Crippen LogP contribution is -2.30. The molecule has 0 spiro atoms. The third kappa shape index (κ3) is 3.70. The lowest BCUT2D eigenvalue weighted by molar-refractivity contribution is -0.139. The molecule has 3 nitrogen and oxygen atoms in total. The van der Waals surface area contributed by atoms with Gasteiger partial charge in [-0.05, 0) is 5.56 Å². The Morgan fingerprint density at radius 2 is 1.93 bits per heavy atom. The average Bonchev–Trinajstić information content (AvgIpc) is 2.15. The molecule has 0 aliphatic carbocycles. The lowest BCUT2D eigenvalue weighted by Gasteiger charge is -2.15. The van der Waals surface area contributed by atoms with Crippen LogP contribution in [-0.2, 0) is 11.2 Å². The second-order valence-electron chi connectivity index (χ2n) is 2.80. The van der Waals surface area contributed by atoms with Crippen molar-refractivity contribution < 1.29 is 9.90 Å². The minimum Gasteiger partial charge on any atom is -0.480 e. The molecule has 0 fully saturated rings. The van der Waals surface area contributed by atoms with Gasteiger partial charge in [-0.15, -0.1) is 0 Å². The van der Waals surface area contributed by atoms with Crippen molar-refractivity contribution in [2.75, 3.05) is 0 Å². The average molecular weight is 417 g/mol. The maximum atomic E-state index is 10.9. The molecule has 76 valence electrons. The Morgan fingerprint density at radius 1 is 1.36 bits per heavy atom. The molecule has 0 amide bonds. The van der Waals surface area contributed by atoms with Crippen molar-refractivity contribution in [3.05, 3.63) is 35.9 Å². The van der Waals surface area contributed by atoms with E-state index < -0.39 is 12.0 Å². The second kappa shape index (κ2) is 5.86. The van der Waals surface area contributed by atoms with Crippen LogP contribution < -0.4 is 0 Å². The smallest absolute Gasteiger partial charge is 0.322 e. The van der Waals surface area contributed by atoms with E-state index in [0.717, 1.165) is 5.56 Å². The first-order valence-electron chi connectivity index (χ1n) is 3.99. The van der Waals surface area contributed by atoms with Gasteiger partial charge in [0.15, 0.2) is 0 Å². The summed E-state index contributed by atoms with van der Waals surface area (Å²) in [6.45, 7) is 0. The van der Waals surface area contributed by atoms with Crippen LogP contribution in [0.5, 0.6) is 0 Å². The first-order valence-corrected chi connectivity index (χ1v) is 5.91. The molecule has 0 aliphatic heterocycles. The fraction of sp³-hybridized carbons (Fsp3) is 0.222. The van der Waals surface area contributed by atoms with E-state index in [1.165, 1.54) is 0 Å². The van der Waals surface area contributed by atoms with Crippen LogP contribution in [-0.4, -0.2) is 18.4 Å². The number of aliphatic carboxylic acids is 1. The highest BCUT2D eigenvalue weighted by molar-refractivity contribution is 14.2. The molecule has 0 saturated carbocycles. The van der Waals surface area contributed by atoms with Crippen molar-refractivity contribution >= 4 is 51.7 Å². The number of halogens is 2. The van der Waals surface area contributed by atoms with Gasteiger partial charge < -0.3 is 5.11 Å². The fourth-order valence-electron chi connectivity index (χ4n) is 1.08. The van der Waals surface area contributed by atoms with Crippen LogP contribution in [0.2, 0.25) is 0 Å². The van der Waals surface area contributed by atoms with E-state index in [-0.39, 0.29) is 0 Å². The first kappa shape index (κ1) is 12.2. The van der Waals surface area contributed by atoms with E-state index in [9.17, 15) is 4.79 Å². The largest absolute Gasteiger partial charge is 0.480 e. The maximum absolute atomic E-state index is 10.9. The Balaban J connectivity index is 2.70. The van der Waals surface area contributed by atoms with Gasteiger partial charge in [-0.2, -0.15) is 1.33 Å². The molecular weight excluding hydrogens is 408 g/mol. The summed E-state index contributed by atoms with van der Waals surface area (Å²) in [4.78, 5) is 10.9. The van der Waals surface area contributed by atoms with E-state index >= 15 is 0 Å². The molecule has 1 aromatic rings. The molecule has 5 heteroatoms. The molecule has 1 N–H and O–H groups in total. The molecule has 0 aromatic heterocycles. The summed E-state index contributed by atoms with van der Waals surface area (Å²) < 4.78 is 1.66. The van der Waals surface area contributed by atoms with Gasteiger partial charge in [0.1, 0.15) is 6.04 Å². The van der Waals surface area contributed by atoms with E-state index in [2.05, 4.69) is 0 Å². The first-order chi connectivity index (χ1) is 6.61. The zero-order valence-electron chi connectivity index (χ0n) is 7.23. The van der Waals surface area contributed by atoms with Crippen molar-refractivity contribution in [3.8, 4) is 0 Å². The van der Waals surface area contributed by atoms with E-state index in [4.69, 9.17) is 5.11 Å². The van der Waals surface area contributed by atoms with Gasteiger partial charge in [-0.25, -0.2) is 0 Å². The summed E-state index contributed by atoms with van der Waals surface area (Å²) in [5.74, 6) is -0.794. The molecule has 14 heavy (non-hydrogen) atoms. The quantitative estimate of drug-likeness (QED) is 0.606. The van der Waals surface area contributed by atoms with Crippen molar-refractivity contribution in [1.29, 1.82) is 0 Å². The maximum Gasteiger partial charge on any atom is 0.322 e. The third-order valence-corrected chi connectivity index (χ3v) is 3.14. The number of nitrogens with zero attached hydrogens (tertiary/aromatic N) is 1. The molecule has 0 radical (unpaired) electrons. The molecule has 1 rings (SSSR count). The van der Waals surface area contributed by atoms with E-state index in [1.807, 2.05) is 76.1 Å². The number of hydrogen-bond acceptors (Lipinski definition) is 2. The Morgan fingerprint density at radius 3 is 2.36 bits per heavy atom. The molecule has 0 heterocycles. The van der Waals surface area contributed by atoms with Crippen LogP contribution in [0.25, 0.3) is 0 Å². The van der Waals surface area contributed by atoms with Crippen molar-refractivity contribution in [2.24, 2.45) is 0 Å². The highest BCUT2D eigenvalue weighted by Crippen LogP contribution is 2.17. The van der Waals surface area contributed by atoms with Crippen LogP contribution in [0, 0.1) is 0 Å². The Labute approximate surface area is 110 Å². The van der Waals surface area contributed by atoms with Crippen LogP contribution >= 0.6 is 45.7 Å². The van der Waals surface area contributed by atoms with Crippen LogP contribution in [0.4, 0.5) is 0 Å². The summed E-state index contributed by atoms with van der Waals surface area (Å²) >= 11 is 3.97. The van der Waals surface area contributed by atoms with Crippen molar-refractivity contribution in [1.82, 2.24) is 1.33 Å². The predicted molar refractivity (Wildman–Crippen MR) is 71.4 cm³/mol. The number of carboxylic acid groups (broad SMARTS) is 1. The monoisotopic (exact) mass is 417 g/mol. The normalized spacial score (nSPS) is 12.8. The Bertz CT molecular complexity index is 303. The lowest BCUT2D eigenvalue weighted by atomic mass is 10.1. The van der Waals surface area contributed by atoms with Crippen molar-refractivity contribution in [3.63, 3.8) is 0 Å². The predicted octanol–water partition coefficient (Wildman–Crippen LogP) is 2.68. The number of hydrogen-bond donors (Lipinski definition) is 1. The number of carboxylic acids is 1. The molecule has 0 saturated heterocycles. The van der Waals surface area contributed by atoms with Gasteiger partial charge in [0.25, 0.3) is 0 Å². The summed E-state index contributed by atoms with van der Waals surface area (Å²) in [5, 5.41) is 8.95. The fourth-order valence-corrected chi connectivity index (χ4v) is 1.95. The number of rotatable bonds is 4. The van der Waals surface area contributed by atoms with E-state index in [0.29, 0.717) is 6.42 Å². The summed E-state index contributed by atoms with van der Waals surface area (Å²) in [6, 6.07) is 9.15. The number of carbonyl (C=O) groups is 1. The van der Waals surface area contributed by atoms with Gasteiger partial charge in [-0.3, -0.25) is 4.79 Å². The second-order valence-corrected chi connectivity index (χ2v) is 6.73. The standard InChI is InChI=1S/C9H9I2NO2/c10-12(11)8(9(13)14)6-7-4-2-1-3-5-7/h1-5,8H,6H2,(H,13,14)/t8-/m0/s1. The zero-order valence-corrected chi connectivity index (χ0v) is 11.5. The van der Waals surface area contributed by atoms with Gasteiger partial charge >= 0.3 is 5.97 Å². The third-order valence-electron chi connectivity index (χ3n) is 1.79. The van der Waals surface area contributed by atoms with Gasteiger partial charge in [0.2, 0.25) is 0 Å². The summed E-state index contributed by atoms with van der Waals surface area (Å²) in [7, 11) is 0. The highest BCUT2D eigenvalue weighted by Gasteiger charge is 2.22. The molecule has 1 aromatic carbocycles. The molecule has 0 bridgehead atoms. The highest BCUT2D eigenvalue weighted by atomic mass is 127. The zero-order chi connectivity index (χ0) is 10.6. The van der Waals surface area contributed by atoms with Gasteiger partial charge in [0, 0.05) is 52.1 Å². The van der Waals surface area contributed by atoms with Crippen LogP contribution in [0.1, 0.15) is 5.56 Å². The molecular formula is C9H9I2NO2. The summed E-state index contributed by atoms with van der Waals surface area (Å²) in [6.07, 6.45) is 0.530. The minimum absolute atomic E-state index is 0.474. The Kier molecular flexibility index (Phi) is 5.10. The van der Waals surface area contributed by atoms with E-state index in [1.54, 1.807) is 1.33 Å². The van der Waals surface area contributed by atoms with Gasteiger partial charge in [-0.1, -0.05) is 30.3 Å². The van der Waals surface area contributed by atoms with Crippen LogP contribution in [0.15, 0.2) is 30.3 Å². The SMILES string of the molecule is O=C(O)[C@H](Cc1ccccc1)N(I)I.